The van der Waals surface area contributed by atoms with Crippen LogP contribution in [0.1, 0.15) is 29.8 Å². The molecule has 1 amide bonds. The van der Waals surface area contributed by atoms with E-state index in [1.807, 2.05) is 81.6 Å². The standard InChI is InChI=1S/C26H23N5O3S/c1-15-16(14-27-30(15)3)13-20-24(33)31-22-18-11-7-8-12-19(18)34-26(2,29-25(31)35-20)21(22)23(32)28-17-9-5-4-6-10-17/h4-14,21-22H,1-3H3,(H,28,32)/b20-13-/t21-,22+,26+/m1/s1. The molecule has 0 radical (unpaired) electrons. The minimum atomic E-state index is -1.17. The molecule has 1 N–H and O–H groups in total. The lowest BCUT2D eigenvalue weighted by molar-refractivity contribution is -0.131. The smallest absolute Gasteiger partial charge is 0.270 e. The summed E-state index contributed by atoms with van der Waals surface area (Å²) in [5, 5.41) is 7.27. The summed E-state index contributed by atoms with van der Waals surface area (Å²) in [6, 6.07) is 16.3. The molecule has 4 heterocycles. The van der Waals surface area contributed by atoms with Crippen molar-refractivity contribution in [3.63, 3.8) is 0 Å². The van der Waals surface area contributed by atoms with Gasteiger partial charge >= 0.3 is 0 Å². The number of nitrogens with zero attached hydrogens (tertiary/aromatic N) is 4. The molecule has 4 aromatic rings. The zero-order chi connectivity index (χ0) is 24.3. The highest BCUT2D eigenvalue weighted by atomic mass is 32.1. The van der Waals surface area contributed by atoms with Crippen molar-refractivity contribution < 1.29 is 9.53 Å². The van der Waals surface area contributed by atoms with Gasteiger partial charge in [-0.3, -0.25) is 18.8 Å². The molecule has 2 aliphatic heterocycles. The molecule has 2 aromatic carbocycles. The second-order valence-electron chi connectivity index (χ2n) is 8.96. The van der Waals surface area contributed by atoms with Gasteiger partial charge in [0.25, 0.3) is 5.56 Å². The summed E-state index contributed by atoms with van der Waals surface area (Å²) < 4.78 is 10.3. The molecule has 0 spiro atoms. The van der Waals surface area contributed by atoms with Crippen LogP contribution in [0.2, 0.25) is 0 Å². The van der Waals surface area contributed by atoms with Gasteiger partial charge in [0.15, 0.2) is 4.80 Å². The Hall–Kier alpha value is -3.98. The summed E-state index contributed by atoms with van der Waals surface area (Å²) in [6.45, 7) is 3.77. The first-order valence-electron chi connectivity index (χ1n) is 11.3. The van der Waals surface area contributed by atoms with Gasteiger partial charge in [0.1, 0.15) is 11.7 Å². The fraction of sp³-hybridized carbons (Fsp3) is 0.231. The van der Waals surface area contributed by atoms with Crippen molar-refractivity contribution in [1.82, 2.24) is 14.3 Å². The van der Waals surface area contributed by atoms with E-state index in [2.05, 4.69) is 10.4 Å². The third-order valence-corrected chi connectivity index (χ3v) is 7.75. The SMILES string of the molecule is Cc1c(/C=c2\sc3n(c2=O)[C@H]2c4ccccc4O[C@](C)(N=3)[C@H]2C(=O)Nc2ccccc2)cnn1C. The fourth-order valence-electron chi connectivity index (χ4n) is 4.88. The third-order valence-electron chi connectivity index (χ3n) is 6.76. The highest BCUT2D eigenvalue weighted by Gasteiger charge is 2.55. The third kappa shape index (κ3) is 3.34. The summed E-state index contributed by atoms with van der Waals surface area (Å²) in [6.07, 6.45) is 3.58. The van der Waals surface area contributed by atoms with Gasteiger partial charge in [0, 0.05) is 29.6 Å². The molecule has 176 valence electrons. The van der Waals surface area contributed by atoms with Crippen molar-refractivity contribution in [1.29, 1.82) is 0 Å². The average molecular weight is 486 g/mol. The lowest BCUT2D eigenvalue weighted by Crippen LogP contribution is -2.59. The molecule has 2 bridgehead atoms. The number of aromatic nitrogens is 3. The Kier molecular flexibility index (Phi) is 4.79. The maximum atomic E-state index is 13.8. The highest BCUT2D eigenvalue weighted by molar-refractivity contribution is 7.07. The number of aryl methyl sites for hydroxylation is 1. The Morgan fingerprint density at radius 2 is 1.91 bits per heavy atom. The van der Waals surface area contributed by atoms with Crippen molar-refractivity contribution in [3.05, 3.63) is 97.3 Å². The molecule has 3 atom stereocenters. The van der Waals surface area contributed by atoms with E-state index in [4.69, 9.17) is 9.73 Å². The molecular weight excluding hydrogens is 462 g/mol. The molecule has 35 heavy (non-hydrogen) atoms. The van der Waals surface area contributed by atoms with Gasteiger partial charge < -0.3 is 10.1 Å². The van der Waals surface area contributed by atoms with Gasteiger partial charge in [0.05, 0.1) is 16.8 Å². The number of hydrogen-bond acceptors (Lipinski definition) is 6. The van der Waals surface area contributed by atoms with Crippen LogP contribution in [0.4, 0.5) is 5.69 Å². The number of benzene rings is 2. The van der Waals surface area contributed by atoms with Crippen LogP contribution in [0.25, 0.3) is 6.08 Å². The van der Waals surface area contributed by atoms with Crippen molar-refractivity contribution >= 4 is 29.0 Å². The van der Waals surface area contributed by atoms with Gasteiger partial charge in [-0.15, -0.1) is 0 Å². The molecule has 0 unspecified atom stereocenters. The summed E-state index contributed by atoms with van der Waals surface area (Å²) >= 11 is 1.30. The van der Waals surface area contributed by atoms with Crippen LogP contribution < -0.4 is 24.9 Å². The fourth-order valence-corrected chi connectivity index (χ4v) is 5.97. The van der Waals surface area contributed by atoms with E-state index in [9.17, 15) is 9.59 Å². The molecule has 2 aliphatic rings. The van der Waals surface area contributed by atoms with Crippen molar-refractivity contribution in [2.75, 3.05) is 5.32 Å². The molecule has 9 heteroatoms. The Labute approximate surface area is 204 Å². The lowest BCUT2D eigenvalue weighted by Gasteiger charge is -2.45. The molecule has 0 aliphatic carbocycles. The molecule has 0 fully saturated rings. The second kappa shape index (κ2) is 7.78. The van der Waals surface area contributed by atoms with Crippen molar-refractivity contribution in [2.24, 2.45) is 18.0 Å². The van der Waals surface area contributed by atoms with Crippen LogP contribution >= 0.6 is 11.3 Å². The van der Waals surface area contributed by atoms with Gasteiger partial charge in [0.2, 0.25) is 11.6 Å². The van der Waals surface area contributed by atoms with E-state index in [0.717, 1.165) is 16.8 Å². The van der Waals surface area contributed by atoms with Gasteiger partial charge in [-0.1, -0.05) is 47.7 Å². The number of thiazole rings is 1. The average Bonchev–Trinajstić information content (AvgIpc) is 3.31. The van der Waals surface area contributed by atoms with Crippen LogP contribution in [0.3, 0.4) is 0 Å². The number of carbonyl (C=O) groups excluding carboxylic acids is 1. The molecule has 0 saturated heterocycles. The topological polar surface area (TPSA) is 90.5 Å². The van der Waals surface area contributed by atoms with Crippen LogP contribution in [0, 0.1) is 12.8 Å². The summed E-state index contributed by atoms with van der Waals surface area (Å²) in [5.74, 6) is -0.366. The number of fused-ring (bicyclic) bond motifs is 6. The summed E-state index contributed by atoms with van der Waals surface area (Å²) in [4.78, 5) is 32.8. The summed E-state index contributed by atoms with van der Waals surface area (Å²) in [7, 11) is 1.86. The van der Waals surface area contributed by atoms with Crippen LogP contribution in [0.5, 0.6) is 5.75 Å². The quantitative estimate of drug-likeness (QED) is 0.482. The predicted octanol–water partition coefficient (Wildman–Crippen LogP) is 2.37. The molecule has 2 aromatic heterocycles. The Morgan fingerprint density at radius 3 is 2.66 bits per heavy atom. The zero-order valence-electron chi connectivity index (χ0n) is 19.4. The van der Waals surface area contributed by atoms with Crippen molar-refractivity contribution in [2.45, 2.75) is 25.6 Å². The highest BCUT2D eigenvalue weighted by Crippen LogP contribution is 2.47. The monoisotopic (exact) mass is 485 g/mol. The van der Waals surface area contributed by atoms with Gasteiger partial charge in [-0.25, -0.2) is 4.99 Å². The number of ether oxygens (including phenoxy) is 1. The second-order valence-corrected chi connectivity index (χ2v) is 9.97. The number of amides is 1. The van der Waals surface area contributed by atoms with E-state index < -0.39 is 17.7 Å². The molecular formula is C26H23N5O3S. The Bertz CT molecular complexity index is 1650. The number of carbonyl (C=O) groups is 1. The van der Waals surface area contributed by atoms with E-state index >= 15 is 0 Å². The number of hydrogen-bond donors (Lipinski definition) is 1. The van der Waals surface area contributed by atoms with Gasteiger partial charge in [-0.2, -0.15) is 5.10 Å². The van der Waals surface area contributed by atoms with E-state index in [1.54, 1.807) is 15.4 Å². The first-order valence-corrected chi connectivity index (χ1v) is 12.1. The molecule has 8 nitrogen and oxygen atoms in total. The molecule has 0 saturated carbocycles. The number of anilines is 1. The van der Waals surface area contributed by atoms with E-state index in [1.165, 1.54) is 11.3 Å². The van der Waals surface area contributed by atoms with Crippen LogP contribution in [-0.2, 0) is 11.8 Å². The Balaban J connectivity index is 1.55. The normalized spacial score (nSPS) is 22.5. The minimum absolute atomic E-state index is 0.182. The maximum Gasteiger partial charge on any atom is 0.270 e. The zero-order valence-corrected chi connectivity index (χ0v) is 20.2. The summed E-state index contributed by atoms with van der Waals surface area (Å²) in [5.41, 5.74) is 1.94. The lowest BCUT2D eigenvalue weighted by atomic mass is 9.80. The number of nitrogens with one attached hydrogen (secondary N) is 1. The van der Waals surface area contributed by atoms with E-state index in [-0.39, 0.29) is 11.5 Å². The van der Waals surface area contributed by atoms with Crippen LogP contribution in [-0.4, -0.2) is 26.0 Å². The first kappa shape index (κ1) is 21.5. The van der Waals surface area contributed by atoms with E-state index in [0.29, 0.717) is 20.8 Å². The number of para-hydroxylation sites is 2. The number of rotatable bonds is 3. The first-order chi connectivity index (χ1) is 16.9. The van der Waals surface area contributed by atoms with Crippen molar-refractivity contribution in [3.8, 4) is 5.75 Å². The van der Waals surface area contributed by atoms with Crippen LogP contribution in [0.15, 0.2) is 70.6 Å². The maximum absolute atomic E-state index is 13.8. The Morgan fingerprint density at radius 1 is 1.17 bits per heavy atom. The van der Waals surface area contributed by atoms with Gasteiger partial charge in [-0.05, 0) is 38.1 Å². The predicted molar refractivity (Wildman–Crippen MR) is 133 cm³/mol. The minimum Gasteiger partial charge on any atom is -0.465 e. The largest absolute Gasteiger partial charge is 0.465 e. The molecule has 6 rings (SSSR count).